The van der Waals surface area contributed by atoms with Crippen LogP contribution in [0.15, 0.2) is 12.2 Å². The molecule has 0 spiro atoms. The van der Waals surface area contributed by atoms with Crippen molar-refractivity contribution in [3.63, 3.8) is 0 Å². The molecule has 0 aliphatic heterocycles. The van der Waals surface area contributed by atoms with E-state index in [1.165, 1.54) is 109 Å². The summed E-state index contributed by atoms with van der Waals surface area (Å²) in [5.41, 5.74) is 0. The number of carbonyl (C=O) groups is 3. The van der Waals surface area contributed by atoms with Gasteiger partial charge in [0.1, 0.15) is 0 Å². The number of nitrogens with two attached hydrogens (primary N) is 1. The van der Waals surface area contributed by atoms with E-state index in [1.807, 2.05) is 0 Å². The number of carboxylic acid groups (broad SMARTS) is 1. The van der Waals surface area contributed by atoms with Crippen molar-refractivity contribution < 1.29 is 42.0 Å². The summed E-state index contributed by atoms with van der Waals surface area (Å²) in [5, 5.41) is 6.52. The van der Waals surface area contributed by atoms with Crippen LogP contribution in [0.3, 0.4) is 0 Å². The van der Waals surface area contributed by atoms with Crippen molar-refractivity contribution in [2.24, 2.45) is 5.90 Å². The average Bonchev–Trinajstić information content (AvgIpc) is 3.00. The first kappa shape index (κ1) is 49.4. The molecule has 0 aliphatic rings. The average molecular weight is 688 g/mol. The van der Waals surface area contributed by atoms with E-state index in [4.69, 9.17) is 20.3 Å². The van der Waals surface area contributed by atoms with Gasteiger partial charge in [0, 0.05) is 6.42 Å². The van der Waals surface area contributed by atoms with Crippen molar-refractivity contribution in [1.82, 2.24) is 0 Å². The molecule has 0 fully saturated rings. The molecule has 4 N–H and O–H groups in total. The van der Waals surface area contributed by atoms with Crippen molar-refractivity contribution in [2.45, 2.75) is 180 Å². The van der Waals surface area contributed by atoms with E-state index < -0.39 is 33.7 Å². The van der Waals surface area contributed by atoms with Crippen molar-refractivity contribution in [3.05, 3.63) is 12.2 Å². The number of carbonyl (C=O) groups excluding carboxylic acids is 2. The van der Waals surface area contributed by atoms with Gasteiger partial charge >= 0.3 is 47.5 Å². The molecule has 12 heteroatoms. The third kappa shape index (κ3) is 37.5. The number of rotatable bonds is 30. The van der Waals surface area contributed by atoms with Gasteiger partial charge in [-0.3, -0.25) is 18.9 Å². The van der Waals surface area contributed by atoms with Crippen LogP contribution in [0.1, 0.15) is 174 Å². The molecule has 268 valence electrons. The fourth-order valence-electron chi connectivity index (χ4n) is 4.72. The first-order chi connectivity index (χ1) is 21.6. The zero-order valence-corrected chi connectivity index (χ0v) is 29.2. The molecule has 0 aromatic heterocycles. The zero-order chi connectivity index (χ0) is 34.0. The first-order valence-electron chi connectivity index (χ1n) is 17.5. The molecule has 10 nitrogen and oxygen atoms in total. The van der Waals surface area contributed by atoms with Gasteiger partial charge in [0.05, 0.1) is 13.0 Å². The Morgan fingerprint density at radius 2 is 1.07 bits per heavy atom. The van der Waals surface area contributed by atoms with Crippen LogP contribution in [-0.2, 0) is 34.1 Å². The Hall–Kier alpha value is -0.980. The molecule has 0 rings (SSSR count). The summed E-state index contributed by atoms with van der Waals surface area (Å²) >= 11 is 0. The number of aliphatic carboxylic acids is 1. The van der Waals surface area contributed by atoms with E-state index in [0.717, 1.165) is 32.1 Å². The van der Waals surface area contributed by atoms with Gasteiger partial charge in [0.25, 0.3) is 10.1 Å². The quantitative estimate of drug-likeness (QED) is 0.0168. The van der Waals surface area contributed by atoms with Gasteiger partial charge in [-0.1, -0.05) is 135 Å². The first-order valence-corrected chi connectivity index (χ1v) is 19.0. The predicted molar refractivity (Wildman–Crippen MR) is 187 cm³/mol. The van der Waals surface area contributed by atoms with Crippen LogP contribution in [0.5, 0.6) is 0 Å². The second-order valence-corrected chi connectivity index (χ2v) is 13.4. The van der Waals surface area contributed by atoms with Crippen molar-refractivity contribution in [2.75, 3.05) is 6.61 Å². The minimum atomic E-state index is -4.78. The van der Waals surface area contributed by atoms with Crippen LogP contribution in [0.4, 0.5) is 0 Å². The van der Waals surface area contributed by atoms with E-state index in [-0.39, 0.29) is 42.1 Å². The molecule has 0 bridgehead atoms. The molecule has 0 aliphatic carbocycles. The summed E-state index contributed by atoms with van der Waals surface area (Å²) in [6.45, 7) is 4.48. The Morgan fingerprint density at radius 1 is 0.674 bits per heavy atom. The molecule has 0 amide bonds. The van der Waals surface area contributed by atoms with Crippen molar-refractivity contribution in [3.8, 4) is 0 Å². The molecule has 46 heavy (non-hydrogen) atoms. The van der Waals surface area contributed by atoms with Crippen molar-refractivity contribution >= 4 is 57.6 Å². The molecule has 1 unspecified atom stereocenters. The Bertz CT molecular complexity index is 854. The zero-order valence-electron chi connectivity index (χ0n) is 28.4. The van der Waals surface area contributed by atoms with Gasteiger partial charge in [0.2, 0.25) is 0 Å². The summed E-state index contributed by atoms with van der Waals surface area (Å²) in [6, 6.07) is 0. The van der Waals surface area contributed by atoms with Gasteiger partial charge in [-0.15, -0.1) is 0 Å². The second kappa shape index (κ2) is 36.8. The number of hydrogen-bond acceptors (Lipinski definition) is 8. The Morgan fingerprint density at radius 3 is 1.46 bits per heavy atom. The molecule has 0 heterocycles. The normalized spacial score (nSPS) is 11.7. The fraction of sp³-hybridized carbons (Fsp3) is 0.853. The van der Waals surface area contributed by atoms with E-state index in [2.05, 4.69) is 30.8 Å². The Labute approximate surface area is 302 Å². The van der Waals surface area contributed by atoms with Crippen molar-refractivity contribution in [1.29, 1.82) is 0 Å². The number of ether oxygens (including phenoxy) is 1. The molecule has 1 atom stereocenters. The number of esters is 1. The summed E-state index contributed by atoms with van der Waals surface area (Å²) in [7, 11) is -4.78. The third-order valence-corrected chi connectivity index (χ3v) is 8.58. The van der Waals surface area contributed by atoms with Gasteiger partial charge in [-0.2, -0.15) is 14.3 Å². The van der Waals surface area contributed by atoms with Crippen LogP contribution >= 0.6 is 0 Å². The number of hydrogen-bond donors (Lipinski definition) is 3. The Balaban J connectivity index is -0.000000794. The van der Waals surface area contributed by atoms with Crippen LogP contribution in [-0.4, -0.2) is 77.4 Å². The molecule has 0 saturated heterocycles. The summed E-state index contributed by atoms with van der Waals surface area (Å²) < 4.78 is 35.6. The standard InChI is InChI=1S/C18H35NO2.C16H30O7S.Na.H/c1-2-3-4-5-6-7-8-9-10-11-12-13-14-15-16-17-18(20)21-19;1-2-3-4-5-6-7-8-9-10-11-12-23-16(19)14(13-15(17)18)24(20,21)22;;/h9-10H,2-8,11-17,19H2,1H3;14H,2-13H2,1H3,(H,17,18)(H,20,21,22);;/b10-9-;;;. The molecule has 0 saturated carbocycles. The number of unbranched alkanes of at least 4 members (excludes halogenated alkanes) is 20. The van der Waals surface area contributed by atoms with E-state index in [0.29, 0.717) is 12.8 Å². The second-order valence-electron chi connectivity index (χ2n) is 11.8. The van der Waals surface area contributed by atoms with E-state index >= 15 is 0 Å². The maximum absolute atomic E-state index is 11.6. The van der Waals surface area contributed by atoms with Gasteiger partial charge in [0.15, 0.2) is 5.25 Å². The monoisotopic (exact) mass is 687 g/mol. The molecular formula is C34H66NNaO9S. The van der Waals surface area contributed by atoms with Crippen LogP contribution in [0.25, 0.3) is 0 Å². The van der Waals surface area contributed by atoms with Gasteiger partial charge in [-0.25, -0.2) is 0 Å². The third-order valence-electron chi connectivity index (χ3n) is 7.50. The molecule has 0 aromatic rings. The summed E-state index contributed by atoms with van der Waals surface area (Å²) in [4.78, 5) is 37.0. The molecule has 0 aromatic carbocycles. The fourth-order valence-corrected chi connectivity index (χ4v) is 5.39. The van der Waals surface area contributed by atoms with E-state index in [9.17, 15) is 22.8 Å². The van der Waals surface area contributed by atoms with Gasteiger partial charge < -0.3 is 14.7 Å². The predicted octanol–water partition coefficient (Wildman–Crippen LogP) is 7.97. The number of allylic oxidation sites excluding steroid dienone is 2. The van der Waals surface area contributed by atoms with Crippen LogP contribution in [0.2, 0.25) is 0 Å². The van der Waals surface area contributed by atoms with E-state index in [1.54, 1.807) is 0 Å². The topological polar surface area (TPSA) is 170 Å². The number of carboxylic acids is 1. The van der Waals surface area contributed by atoms with Gasteiger partial charge in [-0.05, 0) is 38.5 Å². The minimum absolute atomic E-state index is 0. The summed E-state index contributed by atoms with van der Waals surface area (Å²) in [5.74, 6) is 1.77. The SMILES string of the molecule is CCCCCCCC/C=C\CCCCCCCC(=O)ON.CCCCCCCCCCCCOC(=O)C(CC(=O)O)S(=O)(=O)O.[NaH]. The molecule has 0 radical (unpaired) electrons. The Kier molecular flexibility index (Phi) is 39.6. The molecular weight excluding hydrogens is 621 g/mol. The maximum atomic E-state index is 11.6. The van der Waals surface area contributed by atoms with Crippen LogP contribution in [0, 0.1) is 0 Å². The summed E-state index contributed by atoms with van der Waals surface area (Å²) in [6.07, 6.45) is 31.6. The van der Waals surface area contributed by atoms with Crippen LogP contribution < -0.4 is 5.90 Å².